The number of carbonyl (C=O) groups excluding carboxylic acids is 1. The van der Waals surface area contributed by atoms with Crippen LogP contribution in [-0.2, 0) is 6.18 Å². The molecule has 0 aliphatic rings. The van der Waals surface area contributed by atoms with Gasteiger partial charge in [0.25, 0.3) is 5.91 Å². The van der Waals surface area contributed by atoms with E-state index in [1.54, 1.807) is 6.92 Å². The molecule has 0 fully saturated rings. The van der Waals surface area contributed by atoms with E-state index in [0.29, 0.717) is 5.89 Å². The highest BCUT2D eigenvalue weighted by atomic mass is 19.4. The van der Waals surface area contributed by atoms with Gasteiger partial charge in [0.15, 0.2) is 11.6 Å². The molecule has 0 unspecified atom stereocenters. The van der Waals surface area contributed by atoms with Gasteiger partial charge < -0.3 is 9.73 Å². The van der Waals surface area contributed by atoms with Gasteiger partial charge in [0.05, 0.1) is 5.56 Å². The number of nitrogens with one attached hydrogen (secondary N) is 1. The second-order valence-corrected chi connectivity index (χ2v) is 3.78. The molecule has 7 heteroatoms. The zero-order valence-corrected chi connectivity index (χ0v) is 9.78. The van der Waals surface area contributed by atoms with Crippen LogP contribution in [0, 0.1) is 6.92 Å². The molecule has 0 bridgehead atoms. The fraction of sp³-hybridized carbons (Fsp3) is 0.167. The van der Waals surface area contributed by atoms with Crippen LogP contribution in [0.4, 0.5) is 18.9 Å². The van der Waals surface area contributed by atoms with Gasteiger partial charge in [-0.3, -0.25) is 4.79 Å². The molecule has 1 heterocycles. The van der Waals surface area contributed by atoms with E-state index in [2.05, 4.69) is 10.3 Å². The van der Waals surface area contributed by atoms with Crippen molar-refractivity contribution >= 4 is 11.6 Å². The third kappa shape index (κ3) is 3.12. The van der Waals surface area contributed by atoms with E-state index in [4.69, 9.17) is 4.42 Å². The van der Waals surface area contributed by atoms with Crippen molar-refractivity contribution in [1.82, 2.24) is 4.98 Å². The summed E-state index contributed by atoms with van der Waals surface area (Å²) in [6.45, 7) is 1.56. The maximum Gasteiger partial charge on any atom is 0.416 e. The van der Waals surface area contributed by atoms with Crippen LogP contribution in [0.3, 0.4) is 0 Å². The van der Waals surface area contributed by atoms with Crippen molar-refractivity contribution in [3.63, 3.8) is 0 Å². The number of aryl methyl sites for hydroxylation is 1. The van der Waals surface area contributed by atoms with E-state index in [9.17, 15) is 18.0 Å². The number of halogens is 3. The van der Waals surface area contributed by atoms with Crippen LogP contribution in [-0.4, -0.2) is 10.9 Å². The molecular formula is C12H9F3N2O2. The molecule has 2 aromatic rings. The summed E-state index contributed by atoms with van der Waals surface area (Å²) in [5.41, 5.74) is -0.781. The van der Waals surface area contributed by atoms with E-state index in [1.807, 2.05) is 0 Å². The fourth-order valence-electron chi connectivity index (χ4n) is 1.44. The van der Waals surface area contributed by atoms with Gasteiger partial charge in [-0.25, -0.2) is 4.98 Å². The quantitative estimate of drug-likeness (QED) is 0.911. The first-order chi connectivity index (χ1) is 8.86. The lowest BCUT2D eigenvalue weighted by atomic mass is 10.2. The van der Waals surface area contributed by atoms with E-state index in [0.717, 1.165) is 18.4 Å². The van der Waals surface area contributed by atoms with Crippen molar-refractivity contribution in [2.45, 2.75) is 13.1 Å². The minimum Gasteiger partial charge on any atom is -0.448 e. The number of hydrogen-bond donors (Lipinski definition) is 1. The number of nitrogens with zero attached hydrogens (tertiary/aromatic N) is 1. The Bertz CT molecular complexity index is 605. The van der Waals surface area contributed by atoms with Crippen molar-refractivity contribution in [2.75, 3.05) is 5.32 Å². The maximum atomic E-state index is 12.5. The highest BCUT2D eigenvalue weighted by molar-refractivity contribution is 6.02. The van der Waals surface area contributed by atoms with Gasteiger partial charge in [0.1, 0.15) is 6.26 Å². The molecule has 1 N–H and O–H groups in total. The van der Waals surface area contributed by atoms with Crippen molar-refractivity contribution in [3.8, 4) is 0 Å². The summed E-state index contributed by atoms with van der Waals surface area (Å²) in [6.07, 6.45) is -3.32. The van der Waals surface area contributed by atoms with Crippen molar-refractivity contribution in [3.05, 3.63) is 47.7 Å². The van der Waals surface area contributed by atoms with Gasteiger partial charge in [-0.15, -0.1) is 0 Å². The van der Waals surface area contributed by atoms with Gasteiger partial charge in [0, 0.05) is 12.6 Å². The molecule has 0 aliphatic heterocycles. The molecule has 4 nitrogen and oxygen atoms in total. The molecular weight excluding hydrogens is 261 g/mol. The van der Waals surface area contributed by atoms with Crippen LogP contribution in [0.5, 0.6) is 0 Å². The van der Waals surface area contributed by atoms with E-state index >= 15 is 0 Å². The summed E-state index contributed by atoms with van der Waals surface area (Å²) in [6, 6.07) is 4.35. The predicted molar refractivity (Wildman–Crippen MR) is 60.6 cm³/mol. The van der Waals surface area contributed by atoms with Gasteiger partial charge >= 0.3 is 6.18 Å². The zero-order valence-electron chi connectivity index (χ0n) is 9.78. The number of benzene rings is 1. The number of amides is 1. The van der Waals surface area contributed by atoms with E-state index in [1.165, 1.54) is 12.1 Å². The summed E-state index contributed by atoms with van der Waals surface area (Å²) in [5.74, 6) is -0.328. The SMILES string of the molecule is Cc1nc(C(=O)Nc2cccc(C(F)(F)F)c2)co1. The Labute approximate surface area is 106 Å². The monoisotopic (exact) mass is 270 g/mol. The minimum atomic E-state index is -4.45. The average Bonchev–Trinajstić information content (AvgIpc) is 2.75. The van der Waals surface area contributed by atoms with Gasteiger partial charge in [0.2, 0.25) is 0 Å². The van der Waals surface area contributed by atoms with E-state index < -0.39 is 17.6 Å². The molecule has 1 aromatic carbocycles. The molecule has 0 radical (unpaired) electrons. The smallest absolute Gasteiger partial charge is 0.416 e. The summed E-state index contributed by atoms with van der Waals surface area (Å²) in [4.78, 5) is 15.5. The number of hydrogen-bond acceptors (Lipinski definition) is 3. The first kappa shape index (κ1) is 13.1. The molecule has 0 atom stereocenters. The third-order valence-corrected chi connectivity index (χ3v) is 2.30. The second kappa shape index (κ2) is 4.75. The maximum absolute atomic E-state index is 12.5. The summed E-state index contributed by atoms with van der Waals surface area (Å²) in [7, 11) is 0. The Morgan fingerprint density at radius 2 is 2.11 bits per heavy atom. The summed E-state index contributed by atoms with van der Waals surface area (Å²) in [5, 5.41) is 2.32. The second-order valence-electron chi connectivity index (χ2n) is 3.78. The molecule has 100 valence electrons. The molecule has 2 rings (SSSR count). The topological polar surface area (TPSA) is 55.1 Å². The number of rotatable bonds is 2. The largest absolute Gasteiger partial charge is 0.448 e. The number of aromatic nitrogens is 1. The van der Waals surface area contributed by atoms with Gasteiger partial charge in [-0.2, -0.15) is 13.2 Å². The van der Waals surface area contributed by atoms with Crippen LogP contribution in [0.15, 0.2) is 34.9 Å². The standard InChI is InChI=1S/C12H9F3N2O2/c1-7-16-10(6-19-7)11(18)17-9-4-2-3-8(5-9)12(13,14)15/h2-6H,1H3,(H,17,18). The molecule has 1 aromatic heterocycles. The van der Waals surface area contributed by atoms with Crippen LogP contribution in [0.2, 0.25) is 0 Å². The minimum absolute atomic E-state index is 0.00918. The van der Waals surface area contributed by atoms with Crippen molar-refractivity contribution in [2.24, 2.45) is 0 Å². The third-order valence-electron chi connectivity index (χ3n) is 2.30. The van der Waals surface area contributed by atoms with Gasteiger partial charge in [-0.05, 0) is 18.2 Å². The summed E-state index contributed by atoms with van der Waals surface area (Å²) >= 11 is 0. The molecule has 0 aliphatic carbocycles. The first-order valence-electron chi connectivity index (χ1n) is 5.27. The lowest BCUT2D eigenvalue weighted by Crippen LogP contribution is -2.13. The highest BCUT2D eigenvalue weighted by Gasteiger charge is 2.30. The Morgan fingerprint density at radius 3 is 2.68 bits per heavy atom. The van der Waals surface area contributed by atoms with Crippen LogP contribution < -0.4 is 5.32 Å². The average molecular weight is 270 g/mol. The molecule has 0 saturated carbocycles. The molecule has 1 amide bonds. The Kier molecular flexibility index (Phi) is 3.28. The molecule has 0 spiro atoms. The van der Waals surface area contributed by atoms with E-state index in [-0.39, 0.29) is 11.4 Å². The number of carbonyl (C=O) groups is 1. The van der Waals surface area contributed by atoms with Crippen LogP contribution in [0.25, 0.3) is 0 Å². The van der Waals surface area contributed by atoms with Crippen molar-refractivity contribution in [1.29, 1.82) is 0 Å². The number of anilines is 1. The highest BCUT2D eigenvalue weighted by Crippen LogP contribution is 2.30. The number of alkyl halides is 3. The molecule has 0 saturated heterocycles. The Balaban J connectivity index is 2.18. The Morgan fingerprint density at radius 1 is 1.37 bits per heavy atom. The number of oxazole rings is 1. The molecule has 19 heavy (non-hydrogen) atoms. The summed E-state index contributed by atoms with van der Waals surface area (Å²) < 4.78 is 42.3. The van der Waals surface area contributed by atoms with Crippen LogP contribution >= 0.6 is 0 Å². The van der Waals surface area contributed by atoms with Gasteiger partial charge in [-0.1, -0.05) is 6.07 Å². The van der Waals surface area contributed by atoms with Crippen molar-refractivity contribution < 1.29 is 22.4 Å². The first-order valence-corrected chi connectivity index (χ1v) is 5.27. The Hall–Kier alpha value is -2.31. The lowest BCUT2D eigenvalue weighted by Gasteiger charge is -2.08. The normalized spacial score (nSPS) is 11.4. The fourth-order valence-corrected chi connectivity index (χ4v) is 1.44. The van der Waals surface area contributed by atoms with Crippen LogP contribution in [0.1, 0.15) is 21.9 Å². The predicted octanol–water partition coefficient (Wildman–Crippen LogP) is 3.25. The zero-order chi connectivity index (χ0) is 14.0. The lowest BCUT2D eigenvalue weighted by molar-refractivity contribution is -0.137.